The number of ether oxygens (including phenoxy) is 2. The van der Waals surface area contributed by atoms with Gasteiger partial charge in [0.2, 0.25) is 23.6 Å². The predicted molar refractivity (Wildman–Crippen MR) is 240 cm³/mol. The van der Waals surface area contributed by atoms with Crippen LogP contribution in [0.4, 0.5) is 0 Å². The van der Waals surface area contributed by atoms with Crippen LogP contribution in [-0.2, 0) is 49.3 Å². The van der Waals surface area contributed by atoms with Gasteiger partial charge >= 0.3 is 5.69 Å². The van der Waals surface area contributed by atoms with Crippen molar-refractivity contribution >= 4 is 34.8 Å². The topological polar surface area (TPSA) is 179 Å². The summed E-state index contributed by atoms with van der Waals surface area (Å²) < 4.78 is 14.9. The van der Waals surface area contributed by atoms with Gasteiger partial charge in [0, 0.05) is 60.7 Å². The van der Waals surface area contributed by atoms with E-state index in [0.717, 1.165) is 43.1 Å². The second-order valence-electron chi connectivity index (χ2n) is 14.3. The quantitative estimate of drug-likeness (QED) is 0.0842. The zero-order chi connectivity index (χ0) is 44.7. The van der Waals surface area contributed by atoms with Crippen molar-refractivity contribution in [2.45, 2.75) is 77.7 Å². The molecule has 16 nitrogen and oxygen atoms in total. The van der Waals surface area contributed by atoms with Gasteiger partial charge in [-0.1, -0.05) is 79.8 Å². The van der Waals surface area contributed by atoms with E-state index in [4.69, 9.17) is 9.47 Å². The molecule has 2 aromatic heterocycles. The molecule has 2 rings (SSSR count). The summed E-state index contributed by atoms with van der Waals surface area (Å²) in [5, 5.41) is 5.45. The van der Waals surface area contributed by atoms with Crippen LogP contribution < -0.4 is 21.9 Å². The predicted octanol–water partition coefficient (Wildman–Crippen LogP) is 3.87. The van der Waals surface area contributed by atoms with Crippen molar-refractivity contribution < 1.29 is 28.7 Å². The lowest BCUT2D eigenvalue weighted by atomic mass is 10.2. The molecule has 4 amide bonds. The molecule has 0 bridgehead atoms. The Kier molecular flexibility index (Phi) is 26.4. The average Bonchev–Trinajstić information content (AvgIpc) is 3.67. The Morgan fingerprint density at radius 1 is 0.656 bits per heavy atom. The molecule has 0 saturated heterocycles. The van der Waals surface area contributed by atoms with E-state index in [1.54, 1.807) is 25.7 Å². The molecular weight excluding hydrogens is 781 g/mol. The second-order valence-corrected chi connectivity index (χ2v) is 14.3. The number of rotatable bonds is 31. The number of hydrogen-bond donors (Lipinski definition) is 2. The van der Waals surface area contributed by atoms with Crippen LogP contribution in [0.5, 0.6) is 0 Å². The largest absolute Gasteiger partial charge is 0.377 e. The van der Waals surface area contributed by atoms with Crippen molar-refractivity contribution in [1.82, 2.24) is 39.1 Å². The van der Waals surface area contributed by atoms with Gasteiger partial charge in [0.1, 0.15) is 0 Å². The molecule has 0 unspecified atom stereocenters. The molecule has 0 radical (unpaired) electrons. The van der Waals surface area contributed by atoms with Crippen LogP contribution in [-0.4, -0.2) is 119 Å². The Morgan fingerprint density at radius 3 is 1.61 bits per heavy atom. The zero-order valence-electron chi connectivity index (χ0n) is 36.9. The van der Waals surface area contributed by atoms with Crippen molar-refractivity contribution in [2.75, 3.05) is 66.7 Å². The summed E-state index contributed by atoms with van der Waals surface area (Å²) in [6.45, 7) is 4.04. The van der Waals surface area contributed by atoms with E-state index in [9.17, 15) is 28.8 Å². The first kappa shape index (κ1) is 51.5. The minimum absolute atomic E-state index is 0.0283. The van der Waals surface area contributed by atoms with Gasteiger partial charge in [-0.2, -0.15) is 0 Å². The second kappa shape index (κ2) is 31.3. The summed E-state index contributed by atoms with van der Waals surface area (Å²) in [5.74, 6) is -0.912. The summed E-state index contributed by atoms with van der Waals surface area (Å²) in [4.78, 5) is 81.2. The number of nitrogens with zero attached hydrogens (tertiary/aromatic N) is 6. The number of imidazole rings is 1. The number of allylic oxidation sites excluding steroid dienone is 12. The molecule has 2 aromatic rings. The average molecular weight is 849 g/mol. The van der Waals surface area contributed by atoms with Gasteiger partial charge in [-0.05, 0) is 51.4 Å². The standard InChI is InChI=1S/C45H68N8O8/c1-6-7-8-9-10-11-12-13-14-15-16-17-18-19-20-21-22-23-24-26-40(56)49(2)35-38(54)46-28-31-60-33-34-61-32-29-47-39(55)36-50(3)41(57)27-25-30-53-37-48-43-42(53)44(58)52(5)45(59)51(43)4/h7-8,10-11,13-14,16-17,19-20,22-23,37H,6,9,12,15,18,21,24-36H2,1-5H3,(H,46,54)(H,47,55)/b8-7+,11-10+,14-13+,17-16+,20-19+,23-22+. The molecule has 0 spiro atoms. The molecule has 0 aliphatic carbocycles. The lowest BCUT2D eigenvalue weighted by Crippen LogP contribution is -2.39. The Hall–Kier alpha value is -5.61. The van der Waals surface area contributed by atoms with Gasteiger partial charge < -0.3 is 34.5 Å². The monoisotopic (exact) mass is 849 g/mol. The van der Waals surface area contributed by atoms with Gasteiger partial charge in [-0.15, -0.1) is 0 Å². The molecule has 336 valence electrons. The summed E-state index contributed by atoms with van der Waals surface area (Å²) in [5.41, 5.74) is -0.342. The number of hydrogen-bond acceptors (Lipinski definition) is 9. The van der Waals surface area contributed by atoms with E-state index < -0.39 is 11.2 Å². The fraction of sp³-hybridized carbons (Fsp3) is 0.533. The highest BCUT2D eigenvalue weighted by atomic mass is 16.5. The third-order valence-corrected chi connectivity index (χ3v) is 9.25. The number of carbonyl (C=O) groups is 4. The number of aryl methyl sites for hydroxylation is 2. The van der Waals surface area contributed by atoms with Gasteiger partial charge in [-0.25, -0.2) is 9.78 Å². The van der Waals surface area contributed by atoms with Crippen LogP contribution in [0.2, 0.25) is 0 Å². The Bertz CT molecular complexity index is 1950. The first-order chi connectivity index (χ1) is 29.5. The molecule has 0 aromatic carbocycles. The summed E-state index contributed by atoms with van der Waals surface area (Å²) >= 11 is 0. The maximum atomic E-state index is 12.6. The van der Waals surface area contributed by atoms with Crippen LogP contribution in [0.1, 0.15) is 71.1 Å². The molecule has 2 N–H and O–H groups in total. The molecular formula is C45H68N8O8. The zero-order valence-corrected chi connectivity index (χ0v) is 36.9. The molecule has 0 fully saturated rings. The Balaban J connectivity index is 1.42. The van der Waals surface area contributed by atoms with Crippen LogP contribution in [0.3, 0.4) is 0 Å². The number of aromatic nitrogens is 4. The molecule has 0 saturated carbocycles. The first-order valence-electron chi connectivity index (χ1n) is 21.1. The van der Waals surface area contributed by atoms with Crippen molar-refractivity contribution in [3.05, 3.63) is 100 Å². The fourth-order valence-electron chi connectivity index (χ4n) is 5.76. The lowest BCUT2D eigenvalue weighted by molar-refractivity contribution is -0.134. The summed E-state index contributed by atoms with van der Waals surface area (Å²) in [6, 6.07) is 0. The van der Waals surface area contributed by atoms with Crippen LogP contribution in [0.15, 0.2) is 88.8 Å². The molecule has 0 atom stereocenters. The van der Waals surface area contributed by atoms with Gasteiger partial charge in [0.25, 0.3) is 5.56 Å². The van der Waals surface area contributed by atoms with E-state index in [-0.39, 0.29) is 68.5 Å². The van der Waals surface area contributed by atoms with Crippen LogP contribution >= 0.6 is 0 Å². The molecule has 61 heavy (non-hydrogen) atoms. The minimum Gasteiger partial charge on any atom is -0.377 e. The maximum absolute atomic E-state index is 12.6. The lowest BCUT2D eigenvalue weighted by Gasteiger charge is -2.17. The third kappa shape index (κ3) is 21.5. The number of fused-ring (bicyclic) bond motifs is 1. The molecule has 0 aliphatic rings. The van der Waals surface area contributed by atoms with Gasteiger partial charge in [0.05, 0.1) is 45.8 Å². The van der Waals surface area contributed by atoms with Gasteiger partial charge in [0.15, 0.2) is 11.2 Å². The highest BCUT2D eigenvalue weighted by Crippen LogP contribution is 2.08. The minimum atomic E-state index is -0.465. The smallest absolute Gasteiger partial charge is 0.332 e. The number of amides is 4. The van der Waals surface area contributed by atoms with Crippen molar-refractivity contribution in [3.8, 4) is 0 Å². The first-order valence-corrected chi connectivity index (χ1v) is 21.1. The van der Waals surface area contributed by atoms with E-state index in [0.29, 0.717) is 51.1 Å². The number of nitrogens with one attached hydrogen (secondary N) is 2. The normalized spacial score (nSPS) is 12.1. The summed E-state index contributed by atoms with van der Waals surface area (Å²) in [7, 11) is 6.11. The molecule has 2 heterocycles. The maximum Gasteiger partial charge on any atom is 0.332 e. The van der Waals surface area contributed by atoms with Crippen molar-refractivity contribution in [3.63, 3.8) is 0 Å². The Labute approximate surface area is 360 Å². The number of carbonyl (C=O) groups excluding carboxylic acids is 4. The highest BCUT2D eigenvalue weighted by molar-refractivity contribution is 5.85. The van der Waals surface area contributed by atoms with Crippen molar-refractivity contribution in [1.29, 1.82) is 0 Å². The summed E-state index contributed by atoms with van der Waals surface area (Å²) in [6.07, 6.45) is 34.4. The van der Waals surface area contributed by atoms with Crippen molar-refractivity contribution in [2.24, 2.45) is 14.1 Å². The molecule has 0 aliphatic heterocycles. The van der Waals surface area contributed by atoms with Gasteiger partial charge in [-0.3, -0.25) is 33.1 Å². The Morgan fingerprint density at radius 2 is 1.11 bits per heavy atom. The third-order valence-electron chi connectivity index (χ3n) is 9.25. The highest BCUT2D eigenvalue weighted by Gasteiger charge is 2.16. The van der Waals surface area contributed by atoms with E-state index >= 15 is 0 Å². The fourth-order valence-corrected chi connectivity index (χ4v) is 5.76. The SMILES string of the molecule is CC/C=C/C/C=C/C/C=C/C/C=C/C/C=C/C/C=C/CCC(=O)N(C)CC(=O)NCCOCCOCCNC(=O)CN(C)C(=O)CCCn1cnc2c1c(=O)n(C)c(=O)n2C. The van der Waals surface area contributed by atoms with Crippen LogP contribution in [0.25, 0.3) is 11.2 Å². The van der Waals surface area contributed by atoms with E-state index in [1.807, 2.05) is 12.2 Å². The van der Waals surface area contributed by atoms with E-state index in [1.165, 1.54) is 27.7 Å². The van der Waals surface area contributed by atoms with E-state index in [2.05, 4.69) is 83.3 Å². The molecule has 16 heteroatoms. The number of likely N-dealkylation sites (N-methyl/N-ethyl adjacent to an activating group) is 2. The van der Waals surface area contributed by atoms with Crippen LogP contribution in [0, 0.1) is 0 Å².